The van der Waals surface area contributed by atoms with E-state index < -0.39 is 0 Å². The smallest absolute Gasteiger partial charge is 0.250 e. The van der Waals surface area contributed by atoms with Crippen LogP contribution in [-0.2, 0) is 4.79 Å². The normalized spacial score (nSPS) is 10.6. The van der Waals surface area contributed by atoms with Gasteiger partial charge in [-0.2, -0.15) is 0 Å². The fourth-order valence-electron chi connectivity index (χ4n) is 1.93. The molecule has 6 nitrogen and oxygen atoms in total. The summed E-state index contributed by atoms with van der Waals surface area (Å²) < 4.78 is 15.8. The topological polar surface area (TPSA) is 69.7 Å². The predicted octanol–water partition coefficient (Wildman–Crippen LogP) is 3.13. The van der Waals surface area contributed by atoms with Crippen molar-refractivity contribution < 1.29 is 19.0 Å². The van der Waals surface area contributed by atoms with Crippen LogP contribution in [0.25, 0.3) is 6.08 Å². The lowest BCUT2D eigenvalue weighted by Gasteiger charge is -2.12. The van der Waals surface area contributed by atoms with E-state index in [4.69, 9.17) is 14.2 Å². The van der Waals surface area contributed by atoms with Gasteiger partial charge in [0.25, 0.3) is 0 Å². The third kappa shape index (κ3) is 4.23. The molecule has 0 aliphatic heterocycles. The van der Waals surface area contributed by atoms with Crippen molar-refractivity contribution in [1.29, 1.82) is 0 Å². The molecule has 2 aromatic rings. The van der Waals surface area contributed by atoms with E-state index in [1.165, 1.54) is 17.4 Å². The van der Waals surface area contributed by atoms with Gasteiger partial charge in [0.2, 0.25) is 11.7 Å². The minimum absolute atomic E-state index is 0.256. The van der Waals surface area contributed by atoms with Gasteiger partial charge in [0.05, 0.1) is 21.3 Å². The second kappa shape index (κ2) is 7.64. The zero-order valence-electron chi connectivity index (χ0n) is 13.4. The summed E-state index contributed by atoms with van der Waals surface area (Å²) >= 11 is 1.42. The molecule has 0 saturated carbocycles. The van der Waals surface area contributed by atoms with Gasteiger partial charge in [0, 0.05) is 17.2 Å². The SMILES string of the molecule is COc1cc(C=CC(=O)Nc2ncc(C)s2)cc(OC)c1OC. The Morgan fingerprint density at radius 2 is 1.83 bits per heavy atom. The zero-order valence-corrected chi connectivity index (χ0v) is 14.2. The number of ether oxygens (including phenoxy) is 3. The molecule has 0 bridgehead atoms. The number of hydrogen-bond donors (Lipinski definition) is 1. The van der Waals surface area contributed by atoms with Crippen molar-refractivity contribution in [3.63, 3.8) is 0 Å². The highest BCUT2D eigenvalue weighted by molar-refractivity contribution is 7.15. The molecular weight excluding hydrogens is 316 g/mol. The van der Waals surface area contributed by atoms with E-state index in [1.807, 2.05) is 6.92 Å². The molecule has 0 saturated heterocycles. The van der Waals surface area contributed by atoms with E-state index in [1.54, 1.807) is 45.7 Å². The van der Waals surface area contributed by atoms with Gasteiger partial charge in [-0.25, -0.2) is 4.98 Å². The number of carbonyl (C=O) groups excluding carboxylic acids is 1. The van der Waals surface area contributed by atoms with Crippen molar-refractivity contribution in [2.75, 3.05) is 26.6 Å². The molecule has 0 unspecified atom stereocenters. The molecule has 1 aromatic heterocycles. The van der Waals surface area contributed by atoms with Gasteiger partial charge >= 0.3 is 0 Å². The average molecular weight is 334 g/mol. The number of carbonyl (C=O) groups is 1. The summed E-state index contributed by atoms with van der Waals surface area (Å²) in [6.07, 6.45) is 4.81. The van der Waals surface area contributed by atoms with Gasteiger partial charge < -0.3 is 14.2 Å². The number of nitrogens with one attached hydrogen (secondary N) is 1. The Bertz CT molecular complexity index is 700. The summed E-state index contributed by atoms with van der Waals surface area (Å²) in [5, 5.41) is 3.28. The van der Waals surface area contributed by atoms with Crippen LogP contribution in [0.5, 0.6) is 17.2 Å². The van der Waals surface area contributed by atoms with Crippen LogP contribution in [0.15, 0.2) is 24.4 Å². The standard InChI is InChI=1S/C16H18N2O4S/c1-10-9-17-16(23-10)18-14(19)6-5-11-7-12(20-2)15(22-4)13(8-11)21-3/h5-9H,1-4H3,(H,17,18,19). The molecule has 1 heterocycles. The number of anilines is 1. The Morgan fingerprint density at radius 1 is 1.17 bits per heavy atom. The van der Waals surface area contributed by atoms with E-state index in [2.05, 4.69) is 10.3 Å². The molecule has 0 aliphatic rings. The number of aryl methyl sites for hydroxylation is 1. The van der Waals surface area contributed by atoms with Crippen molar-refractivity contribution in [2.45, 2.75) is 6.92 Å². The molecule has 1 aromatic carbocycles. The lowest BCUT2D eigenvalue weighted by molar-refractivity contribution is -0.111. The molecule has 23 heavy (non-hydrogen) atoms. The maximum absolute atomic E-state index is 11.9. The molecule has 2 rings (SSSR count). The molecular formula is C16H18N2O4S. The summed E-state index contributed by atoms with van der Waals surface area (Å²) in [5.41, 5.74) is 0.755. The van der Waals surface area contributed by atoms with Gasteiger partial charge in [-0.3, -0.25) is 10.1 Å². The lowest BCUT2D eigenvalue weighted by atomic mass is 10.1. The van der Waals surface area contributed by atoms with Crippen molar-refractivity contribution in [2.24, 2.45) is 0 Å². The first-order valence-electron chi connectivity index (χ1n) is 6.79. The number of aromatic nitrogens is 1. The predicted molar refractivity (Wildman–Crippen MR) is 90.6 cm³/mol. The Kier molecular flexibility index (Phi) is 5.59. The Balaban J connectivity index is 2.16. The molecule has 0 spiro atoms. The summed E-state index contributed by atoms with van der Waals surface area (Å²) in [4.78, 5) is 17.0. The lowest BCUT2D eigenvalue weighted by Crippen LogP contribution is -2.07. The molecule has 0 radical (unpaired) electrons. The maximum atomic E-state index is 11.9. The van der Waals surface area contributed by atoms with Gasteiger partial charge in [0.15, 0.2) is 16.6 Å². The minimum Gasteiger partial charge on any atom is -0.493 e. The fraction of sp³-hybridized carbons (Fsp3) is 0.250. The van der Waals surface area contributed by atoms with E-state index in [9.17, 15) is 4.79 Å². The Morgan fingerprint density at radius 3 is 2.30 bits per heavy atom. The first kappa shape index (κ1) is 16.8. The number of methoxy groups -OCH3 is 3. The Hall–Kier alpha value is -2.54. The number of rotatable bonds is 6. The van der Waals surface area contributed by atoms with Crippen LogP contribution < -0.4 is 19.5 Å². The molecule has 1 N–H and O–H groups in total. The van der Waals surface area contributed by atoms with E-state index in [0.717, 1.165) is 10.4 Å². The maximum Gasteiger partial charge on any atom is 0.250 e. The van der Waals surface area contributed by atoms with Crippen molar-refractivity contribution >= 4 is 28.5 Å². The first-order valence-corrected chi connectivity index (χ1v) is 7.60. The van der Waals surface area contributed by atoms with Crippen LogP contribution in [0.3, 0.4) is 0 Å². The van der Waals surface area contributed by atoms with E-state index in [0.29, 0.717) is 22.4 Å². The van der Waals surface area contributed by atoms with Crippen LogP contribution >= 0.6 is 11.3 Å². The molecule has 0 atom stereocenters. The van der Waals surface area contributed by atoms with Gasteiger partial charge in [-0.15, -0.1) is 11.3 Å². The Labute approximate surface area is 138 Å². The van der Waals surface area contributed by atoms with Gasteiger partial charge in [-0.05, 0) is 30.7 Å². The number of benzene rings is 1. The second-order valence-electron chi connectivity index (χ2n) is 4.56. The third-order valence-corrected chi connectivity index (χ3v) is 3.79. The summed E-state index contributed by atoms with van der Waals surface area (Å²) in [5.74, 6) is 1.31. The van der Waals surface area contributed by atoms with Crippen molar-refractivity contribution in [3.05, 3.63) is 34.8 Å². The molecule has 7 heteroatoms. The van der Waals surface area contributed by atoms with Crippen molar-refractivity contribution in [1.82, 2.24) is 4.98 Å². The highest BCUT2D eigenvalue weighted by atomic mass is 32.1. The van der Waals surface area contributed by atoms with Crippen LogP contribution in [0.2, 0.25) is 0 Å². The monoisotopic (exact) mass is 334 g/mol. The largest absolute Gasteiger partial charge is 0.493 e. The van der Waals surface area contributed by atoms with Gasteiger partial charge in [-0.1, -0.05) is 0 Å². The van der Waals surface area contributed by atoms with E-state index in [-0.39, 0.29) is 5.91 Å². The summed E-state index contributed by atoms with van der Waals surface area (Å²) in [7, 11) is 4.63. The van der Waals surface area contributed by atoms with Crippen LogP contribution in [-0.4, -0.2) is 32.2 Å². The number of amides is 1. The quantitative estimate of drug-likeness (QED) is 0.822. The van der Waals surface area contributed by atoms with Crippen LogP contribution in [0.4, 0.5) is 5.13 Å². The number of nitrogens with zero attached hydrogens (tertiary/aromatic N) is 1. The third-order valence-electron chi connectivity index (χ3n) is 2.97. The van der Waals surface area contributed by atoms with Crippen LogP contribution in [0.1, 0.15) is 10.4 Å². The minimum atomic E-state index is -0.256. The average Bonchev–Trinajstić information content (AvgIpc) is 2.96. The molecule has 122 valence electrons. The zero-order chi connectivity index (χ0) is 16.8. The molecule has 0 fully saturated rings. The van der Waals surface area contributed by atoms with Crippen molar-refractivity contribution in [3.8, 4) is 17.2 Å². The number of thiazole rings is 1. The first-order chi connectivity index (χ1) is 11.1. The van der Waals surface area contributed by atoms with E-state index >= 15 is 0 Å². The van der Waals surface area contributed by atoms with Crippen LogP contribution in [0, 0.1) is 6.92 Å². The fourth-order valence-corrected chi connectivity index (χ4v) is 2.60. The summed E-state index contributed by atoms with van der Waals surface area (Å²) in [6.45, 7) is 1.93. The molecule has 1 amide bonds. The highest BCUT2D eigenvalue weighted by Crippen LogP contribution is 2.38. The summed E-state index contributed by atoms with van der Waals surface area (Å²) in [6, 6.07) is 3.53. The second-order valence-corrected chi connectivity index (χ2v) is 5.79. The number of hydrogen-bond acceptors (Lipinski definition) is 6. The highest BCUT2D eigenvalue weighted by Gasteiger charge is 2.12. The van der Waals surface area contributed by atoms with Gasteiger partial charge in [0.1, 0.15) is 0 Å². The molecule has 0 aliphatic carbocycles.